The summed E-state index contributed by atoms with van der Waals surface area (Å²) in [5.74, 6) is 0.718. The average Bonchev–Trinajstić information content (AvgIpc) is 3.16. The van der Waals surface area contributed by atoms with Crippen LogP contribution in [0.5, 0.6) is 11.5 Å². The molecule has 0 saturated carbocycles. The minimum Gasteiger partial charge on any atom is -0.493 e. The SMILES string of the molecule is Cc1cc(OCCCO)ccc1-c1cccc(COc2ccc(Cn3oc(=O)[nH]c3=O)cc2)c1C. The Bertz CT molecular complexity index is 1400. The van der Waals surface area contributed by atoms with Crippen LogP contribution in [0.2, 0.25) is 0 Å². The Morgan fingerprint density at radius 3 is 2.40 bits per heavy atom. The van der Waals surface area contributed by atoms with Gasteiger partial charge in [0.05, 0.1) is 13.2 Å². The summed E-state index contributed by atoms with van der Waals surface area (Å²) < 4.78 is 17.5. The predicted octanol–water partition coefficient (Wildman–Crippen LogP) is 3.80. The monoisotopic (exact) mass is 476 g/mol. The van der Waals surface area contributed by atoms with Gasteiger partial charge in [0.2, 0.25) is 0 Å². The molecule has 0 amide bonds. The first-order chi connectivity index (χ1) is 16.9. The van der Waals surface area contributed by atoms with Crippen LogP contribution in [-0.2, 0) is 13.2 Å². The second kappa shape index (κ2) is 10.9. The number of ether oxygens (including phenoxy) is 2. The lowest BCUT2D eigenvalue weighted by Crippen LogP contribution is -2.17. The first-order valence-corrected chi connectivity index (χ1v) is 11.4. The molecule has 0 spiro atoms. The molecule has 0 bridgehead atoms. The van der Waals surface area contributed by atoms with Gasteiger partial charge < -0.3 is 19.1 Å². The van der Waals surface area contributed by atoms with Crippen molar-refractivity contribution in [2.75, 3.05) is 13.2 Å². The zero-order valence-electron chi connectivity index (χ0n) is 19.7. The average molecular weight is 477 g/mol. The van der Waals surface area contributed by atoms with Crippen molar-refractivity contribution in [3.05, 3.63) is 104 Å². The van der Waals surface area contributed by atoms with Gasteiger partial charge in [0, 0.05) is 13.0 Å². The van der Waals surface area contributed by atoms with Crippen LogP contribution in [0.25, 0.3) is 11.1 Å². The van der Waals surface area contributed by atoms with Crippen LogP contribution in [0.15, 0.2) is 74.8 Å². The Morgan fingerprint density at radius 2 is 1.71 bits per heavy atom. The highest BCUT2D eigenvalue weighted by Crippen LogP contribution is 2.31. The maximum absolute atomic E-state index is 11.6. The van der Waals surface area contributed by atoms with Crippen LogP contribution < -0.4 is 20.9 Å². The normalized spacial score (nSPS) is 10.9. The van der Waals surface area contributed by atoms with E-state index in [1.165, 1.54) is 0 Å². The Hall–Kier alpha value is -4.04. The lowest BCUT2D eigenvalue weighted by atomic mass is 9.94. The molecule has 0 radical (unpaired) electrons. The zero-order chi connectivity index (χ0) is 24.8. The number of nitrogens with one attached hydrogen (secondary N) is 1. The van der Waals surface area contributed by atoms with Gasteiger partial charge in [0.1, 0.15) is 18.1 Å². The molecule has 8 nitrogen and oxygen atoms in total. The number of aromatic nitrogens is 2. The molecular weight excluding hydrogens is 448 g/mol. The van der Waals surface area contributed by atoms with Crippen molar-refractivity contribution in [2.45, 2.75) is 33.4 Å². The summed E-state index contributed by atoms with van der Waals surface area (Å²) in [6.45, 7) is 5.32. The Labute approximate surface area is 202 Å². The van der Waals surface area contributed by atoms with Crippen molar-refractivity contribution in [3.8, 4) is 22.6 Å². The van der Waals surface area contributed by atoms with Gasteiger partial charge in [-0.15, -0.1) is 4.74 Å². The van der Waals surface area contributed by atoms with Gasteiger partial charge in [0.25, 0.3) is 0 Å². The lowest BCUT2D eigenvalue weighted by molar-refractivity contribution is 0.233. The summed E-state index contributed by atoms with van der Waals surface area (Å²) in [5.41, 5.74) is 5.83. The van der Waals surface area contributed by atoms with E-state index in [0.29, 0.717) is 25.4 Å². The molecule has 0 atom stereocenters. The molecule has 1 aromatic heterocycles. The summed E-state index contributed by atoms with van der Waals surface area (Å²) in [5, 5.41) is 8.93. The minimum atomic E-state index is -0.773. The van der Waals surface area contributed by atoms with Gasteiger partial charge >= 0.3 is 11.4 Å². The quantitative estimate of drug-likeness (QED) is 0.337. The summed E-state index contributed by atoms with van der Waals surface area (Å²) >= 11 is 0. The number of rotatable bonds is 10. The van der Waals surface area contributed by atoms with Gasteiger partial charge in [-0.3, -0.25) is 0 Å². The van der Waals surface area contributed by atoms with Crippen LogP contribution >= 0.6 is 0 Å². The topological polar surface area (TPSA) is 107 Å². The third-order valence-electron chi connectivity index (χ3n) is 5.78. The van der Waals surface area contributed by atoms with E-state index in [0.717, 1.165) is 43.9 Å². The van der Waals surface area contributed by atoms with Crippen LogP contribution in [0.4, 0.5) is 0 Å². The van der Waals surface area contributed by atoms with Crippen molar-refractivity contribution in [1.82, 2.24) is 9.72 Å². The van der Waals surface area contributed by atoms with Gasteiger partial charge in [-0.1, -0.05) is 36.4 Å². The van der Waals surface area contributed by atoms with E-state index >= 15 is 0 Å². The van der Waals surface area contributed by atoms with Crippen LogP contribution in [-0.4, -0.2) is 28.0 Å². The Kier molecular flexibility index (Phi) is 7.52. The van der Waals surface area contributed by atoms with Gasteiger partial charge in [0.15, 0.2) is 0 Å². The largest absolute Gasteiger partial charge is 0.493 e. The lowest BCUT2D eigenvalue weighted by Gasteiger charge is -2.15. The third-order valence-corrected chi connectivity index (χ3v) is 5.78. The summed E-state index contributed by atoms with van der Waals surface area (Å²) in [4.78, 5) is 24.8. The number of hydrogen-bond donors (Lipinski definition) is 2. The summed E-state index contributed by atoms with van der Waals surface area (Å²) in [6.07, 6.45) is 0.607. The molecule has 2 N–H and O–H groups in total. The van der Waals surface area contributed by atoms with E-state index in [4.69, 9.17) is 19.1 Å². The van der Waals surface area contributed by atoms with Gasteiger partial charge in [-0.2, -0.15) is 0 Å². The number of H-pyrrole nitrogens is 1. The zero-order valence-corrected chi connectivity index (χ0v) is 19.7. The Morgan fingerprint density at radius 1 is 0.943 bits per heavy atom. The molecule has 0 saturated heterocycles. The van der Waals surface area contributed by atoms with Crippen LogP contribution in [0.3, 0.4) is 0 Å². The minimum absolute atomic E-state index is 0.115. The highest BCUT2D eigenvalue weighted by Gasteiger charge is 2.11. The maximum Gasteiger partial charge on any atom is 0.440 e. The first kappa shape index (κ1) is 24.1. The van der Waals surface area contributed by atoms with E-state index in [-0.39, 0.29) is 13.2 Å². The molecule has 1 heterocycles. The van der Waals surface area contributed by atoms with Crippen molar-refractivity contribution >= 4 is 0 Å². The third kappa shape index (κ3) is 5.91. The van der Waals surface area contributed by atoms with E-state index in [2.05, 4.69) is 37.0 Å². The molecular formula is C27H28N2O6. The molecule has 8 heteroatoms. The van der Waals surface area contributed by atoms with Crippen LogP contribution in [0.1, 0.15) is 28.7 Å². The van der Waals surface area contributed by atoms with Crippen molar-refractivity contribution < 1.29 is 19.1 Å². The molecule has 0 unspecified atom stereocenters. The van der Waals surface area contributed by atoms with Gasteiger partial charge in [-0.25, -0.2) is 14.6 Å². The van der Waals surface area contributed by atoms with Crippen LogP contribution in [0, 0.1) is 13.8 Å². The molecule has 0 aliphatic heterocycles. The molecule has 4 rings (SSSR count). The predicted molar refractivity (Wildman–Crippen MR) is 132 cm³/mol. The molecule has 0 aliphatic rings. The standard InChI is InChI=1S/C27H28N2O6/c1-18-15-23(33-14-4-13-30)11-12-24(18)25-6-3-5-21(19(25)2)17-34-22-9-7-20(8-10-22)16-29-26(31)28-27(32)35-29/h3,5-12,15,30H,4,13-14,16-17H2,1-2H3,(H,28,31,32). The number of aryl methyl sites for hydroxylation is 1. The second-order valence-electron chi connectivity index (χ2n) is 8.27. The fraction of sp³-hybridized carbons (Fsp3) is 0.259. The molecule has 0 fully saturated rings. The molecule has 182 valence electrons. The Balaban J connectivity index is 1.43. The number of hydrogen-bond acceptors (Lipinski definition) is 6. The number of benzene rings is 3. The molecule has 0 aliphatic carbocycles. The highest BCUT2D eigenvalue weighted by atomic mass is 16.5. The number of aromatic amines is 1. The second-order valence-corrected chi connectivity index (χ2v) is 8.27. The van der Waals surface area contributed by atoms with Gasteiger partial charge in [-0.05, 0) is 71.5 Å². The number of aliphatic hydroxyl groups is 1. The maximum atomic E-state index is 11.6. The first-order valence-electron chi connectivity index (χ1n) is 11.4. The molecule has 3 aromatic carbocycles. The van der Waals surface area contributed by atoms with E-state index < -0.39 is 11.4 Å². The smallest absolute Gasteiger partial charge is 0.440 e. The van der Waals surface area contributed by atoms with E-state index in [1.54, 1.807) is 0 Å². The summed E-state index contributed by atoms with van der Waals surface area (Å²) in [7, 11) is 0. The van der Waals surface area contributed by atoms with Crippen molar-refractivity contribution in [2.24, 2.45) is 0 Å². The fourth-order valence-electron chi connectivity index (χ4n) is 3.85. The summed E-state index contributed by atoms with van der Waals surface area (Å²) in [6, 6.07) is 19.5. The fourth-order valence-corrected chi connectivity index (χ4v) is 3.85. The molecule has 35 heavy (non-hydrogen) atoms. The van der Waals surface area contributed by atoms with Crippen molar-refractivity contribution in [1.29, 1.82) is 0 Å². The number of nitrogens with zero attached hydrogens (tertiary/aromatic N) is 1. The van der Waals surface area contributed by atoms with Crippen molar-refractivity contribution in [3.63, 3.8) is 0 Å². The molecule has 4 aromatic rings. The number of aliphatic hydroxyl groups excluding tert-OH is 1. The van der Waals surface area contributed by atoms with E-state index in [9.17, 15) is 9.59 Å². The van der Waals surface area contributed by atoms with E-state index in [1.807, 2.05) is 42.5 Å². The highest BCUT2D eigenvalue weighted by molar-refractivity contribution is 5.72.